The Hall–Kier alpha value is -1.52. The van der Waals surface area contributed by atoms with E-state index in [1.165, 1.54) is 46.3 Å². The fraction of sp³-hybridized carbons (Fsp3) is 0.500. The van der Waals surface area contributed by atoms with Crippen molar-refractivity contribution in [3.63, 3.8) is 0 Å². The van der Waals surface area contributed by atoms with Gasteiger partial charge in [0.25, 0.3) is 12.1 Å². The Morgan fingerprint density at radius 1 is 1.04 bits per heavy atom. The van der Waals surface area contributed by atoms with Gasteiger partial charge in [-0.3, -0.25) is 9.32 Å². The molecular weight excluding hydrogens is 867 g/mol. The summed E-state index contributed by atoms with van der Waals surface area (Å²) >= 11 is -1.19. The van der Waals surface area contributed by atoms with Crippen molar-refractivity contribution in [2.45, 2.75) is 58.5 Å². The van der Waals surface area contributed by atoms with E-state index in [0.717, 1.165) is 0 Å². The molecule has 0 spiro atoms. The molecule has 248 valence electrons. The first-order valence-corrected chi connectivity index (χ1v) is 29.7. The topological polar surface area (TPSA) is 292 Å². The maximum atomic E-state index is 12.5. The van der Waals surface area contributed by atoms with E-state index >= 15 is 0 Å². The summed E-state index contributed by atoms with van der Waals surface area (Å²) in [6, 6.07) is 2.85. The minimum atomic E-state index is -5.36. The molecule has 1 amide bonds. The predicted molar refractivity (Wildman–Crippen MR) is 147 cm³/mol. The van der Waals surface area contributed by atoms with E-state index in [0.29, 0.717) is 16.2 Å². The van der Waals surface area contributed by atoms with Crippen LogP contribution in [0.2, 0.25) is 4.43 Å². The van der Waals surface area contributed by atoms with Crippen LogP contribution in [0.4, 0.5) is 0 Å². The minimum absolute atomic E-state index is 0.0759. The van der Waals surface area contributed by atoms with E-state index in [-0.39, 0.29) is 5.56 Å². The zero-order valence-corrected chi connectivity index (χ0v) is 31.9. The van der Waals surface area contributed by atoms with Gasteiger partial charge >= 0.3 is 164 Å². The third kappa shape index (κ3) is 7.85. The Morgan fingerprint density at radius 3 is 2.35 bits per heavy atom. The third-order valence-electron chi connectivity index (χ3n) is 6.97. The molecule has 3 aromatic rings. The molecule has 8 N–H and O–H groups in total. The number of fused-ring (bicyclic) bond motifs is 1. The average molecular weight is 896 g/mol. The molecular formula is C22H29HgN6O14P2S+. The van der Waals surface area contributed by atoms with Gasteiger partial charge in [-0.05, 0) is 6.07 Å². The number of aliphatic hydroxyl groups is 4. The van der Waals surface area contributed by atoms with Crippen LogP contribution in [-0.2, 0) is 55.0 Å². The number of ether oxygens (including phenoxy) is 2. The summed E-state index contributed by atoms with van der Waals surface area (Å²) in [5.74, 6) is -0.759. The number of nitrogens with zero attached hydrogens (tertiary/aromatic N) is 5. The molecule has 0 aromatic carbocycles. The van der Waals surface area contributed by atoms with Crippen LogP contribution < -0.4 is 10.3 Å². The van der Waals surface area contributed by atoms with Gasteiger partial charge in [0.15, 0.2) is 18.5 Å². The molecule has 0 radical (unpaired) electrons. The van der Waals surface area contributed by atoms with E-state index in [2.05, 4.69) is 23.7 Å². The van der Waals surface area contributed by atoms with E-state index in [1.807, 2.05) is 0 Å². The number of phosphoric ester groups is 2. The van der Waals surface area contributed by atoms with Gasteiger partial charge in [0, 0.05) is 6.07 Å². The van der Waals surface area contributed by atoms with Gasteiger partial charge in [0.2, 0.25) is 0 Å². The summed E-state index contributed by atoms with van der Waals surface area (Å²) in [4.78, 5) is 44.3. The van der Waals surface area contributed by atoms with Gasteiger partial charge in [-0.25, -0.2) is 4.57 Å². The summed E-state index contributed by atoms with van der Waals surface area (Å²) in [6.45, 7) is -1.75. The van der Waals surface area contributed by atoms with E-state index < -0.39 is 107 Å². The number of primary amides is 1. The third-order valence-corrected chi connectivity index (χ3v) is 17.0. The summed E-state index contributed by atoms with van der Waals surface area (Å²) in [6.07, 6.45) is -6.30. The van der Waals surface area contributed by atoms with Gasteiger partial charge in [-0.1, -0.05) is 0 Å². The van der Waals surface area contributed by atoms with Crippen molar-refractivity contribution >= 4 is 41.0 Å². The first kappa shape index (κ1) is 35.8. The number of hydrogen-bond donors (Lipinski definition) is 7. The average Bonchev–Trinajstić information content (AvgIpc) is 3.65. The Labute approximate surface area is 274 Å². The number of aliphatic hydroxyl groups excluding tert-OH is 4. The Kier molecular flexibility index (Phi) is 11.3. The Bertz CT molecular complexity index is 1670. The maximum absolute atomic E-state index is 12.5. The molecule has 0 bridgehead atoms. The molecule has 2 fully saturated rings. The molecule has 24 heteroatoms. The van der Waals surface area contributed by atoms with Crippen molar-refractivity contribution in [1.82, 2.24) is 19.5 Å². The summed E-state index contributed by atoms with van der Waals surface area (Å²) < 4.78 is 54.7. The first-order valence-electron chi connectivity index (χ1n) is 13.5. The second kappa shape index (κ2) is 14.5. The number of carbonyl (C=O) groups excluding carboxylic acids is 1. The van der Waals surface area contributed by atoms with Crippen LogP contribution >= 0.6 is 23.9 Å². The molecule has 2 aliphatic rings. The SMILES string of the molecule is [CH3][Hg][S]c1ncnc2c1ncn2[C@@H]1O[C@H](COP(=O)(O)OP(=O)(O)OC[C@H]2O[C@@H]([n+]3cccc(C(N)=O)c3)[C@H](O)[C@@H]2O)[C@@H](O)[C@H]1O. The Morgan fingerprint density at radius 2 is 1.70 bits per heavy atom. The van der Waals surface area contributed by atoms with Gasteiger partial charge in [-0.2, -0.15) is 4.57 Å². The van der Waals surface area contributed by atoms with Crippen LogP contribution in [0, 0.1) is 0 Å². The number of rotatable bonds is 13. The van der Waals surface area contributed by atoms with E-state index in [9.17, 15) is 44.1 Å². The van der Waals surface area contributed by atoms with Crippen molar-refractivity contribution in [1.29, 1.82) is 0 Å². The molecule has 0 aliphatic carbocycles. The molecule has 2 unspecified atom stereocenters. The quantitative estimate of drug-likeness (QED) is 0.0447. The molecule has 5 rings (SSSR count). The van der Waals surface area contributed by atoms with Crippen molar-refractivity contribution in [3.05, 3.63) is 42.7 Å². The van der Waals surface area contributed by atoms with Crippen molar-refractivity contribution in [2.75, 3.05) is 13.2 Å². The second-order valence-corrected chi connectivity index (χ2v) is 24.4. The zero-order valence-electron chi connectivity index (χ0n) is 23.8. The standard InChI is InChI=1S/C21H26N6O14P2S.CH3.Hg/c22-17(32)9-2-1-3-26(4-9)20-15(30)13(28)10(39-20)5-37-42(33,34)41-43(35,36)38-6-11-14(29)16(31)21(40-11)27-8-25-12-18(27)23-7-24-19(12)44;;/h1-4,7-8,10-11,13-16,20-21,28-31H,5-6H2,(H4-,22,23,24,32,33,34,35,36,44);1H3;/q;;+1/t10-,11-,13-,14-,15-,16-,20-,21-;;/m1../s1. The summed E-state index contributed by atoms with van der Waals surface area (Å²) in [5, 5.41) is 42.6. The molecule has 2 aliphatic heterocycles. The summed E-state index contributed by atoms with van der Waals surface area (Å²) in [5.41, 5.74) is 6.15. The number of imidazole rings is 1. The number of phosphoric acid groups is 2. The number of amides is 1. The van der Waals surface area contributed by atoms with E-state index in [1.54, 1.807) is 8.24 Å². The van der Waals surface area contributed by atoms with Crippen LogP contribution in [0.15, 0.2) is 42.2 Å². The first-order chi connectivity index (χ1) is 21.7. The van der Waals surface area contributed by atoms with Crippen molar-refractivity contribution in [2.24, 2.45) is 5.73 Å². The van der Waals surface area contributed by atoms with Crippen LogP contribution in [0.5, 0.6) is 0 Å². The number of nitrogens with two attached hydrogens (primary N) is 1. The van der Waals surface area contributed by atoms with Gasteiger partial charge < -0.3 is 25.6 Å². The second-order valence-electron chi connectivity index (χ2n) is 10.0. The molecule has 5 heterocycles. The fourth-order valence-electron chi connectivity index (χ4n) is 4.78. The van der Waals surface area contributed by atoms with Gasteiger partial charge in [0.05, 0.1) is 6.61 Å². The van der Waals surface area contributed by atoms with E-state index in [4.69, 9.17) is 24.3 Å². The normalized spacial score (nSPS) is 30.6. The number of carbonyl (C=O) groups is 1. The number of hydrogen-bond acceptors (Lipinski definition) is 16. The summed E-state index contributed by atoms with van der Waals surface area (Å²) in [7, 11) is -9.08. The van der Waals surface area contributed by atoms with Gasteiger partial charge in [-0.15, -0.1) is 0 Å². The monoisotopic (exact) mass is 897 g/mol. The van der Waals surface area contributed by atoms with Crippen LogP contribution in [-0.4, -0.2) is 105 Å². The molecule has 20 nitrogen and oxygen atoms in total. The van der Waals surface area contributed by atoms with Crippen LogP contribution in [0.25, 0.3) is 11.2 Å². The molecule has 10 atom stereocenters. The van der Waals surface area contributed by atoms with Gasteiger partial charge in [0.1, 0.15) is 17.8 Å². The van der Waals surface area contributed by atoms with Crippen LogP contribution in [0.1, 0.15) is 22.8 Å². The molecule has 2 saturated heterocycles. The Balaban J connectivity index is 1.16. The predicted octanol–water partition coefficient (Wildman–Crippen LogP) is -1.46. The number of pyridine rings is 1. The fourth-order valence-corrected chi connectivity index (χ4v) is 13.2. The number of aromatic nitrogens is 5. The van der Waals surface area contributed by atoms with Crippen molar-refractivity contribution < 1.29 is 94.6 Å². The molecule has 0 saturated carbocycles. The molecule has 3 aromatic heterocycles. The van der Waals surface area contributed by atoms with Crippen LogP contribution in [0.3, 0.4) is 0 Å². The van der Waals surface area contributed by atoms with Crippen molar-refractivity contribution in [3.8, 4) is 0 Å². The molecule has 46 heavy (non-hydrogen) atoms. The zero-order chi connectivity index (χ0) is 33.4.